The van der Waals surface area contributed by atoms with E-state index in [2.05, 4.69) is 15.4 Å². The molecule has 0 amide bonds. The molecule has 2 aromatic rings. The number of carboxylic acids is 1. The summed E-state index contributed by atoms with van der Waals surface area (Å²) in [6, 6.07) is 4.78. The largest absolute Gasteiger partial charge is 0.478 e. The molecular weight excluding hydrogens is 220 g/mol. The average molecular weight is 232 g/mol. The van der Waals surface area contributed by atoms with E-state index in [9.17, 15) is 4.79 Å². The van der Waals surface area contributed by atoms with E-state index in [1.54, 1.807) is 30.9 Å². The van der Waals surface area contributed by atoms with E-state index in [4.69, 9.17) is 5.11 Å². The highest BCUT2D eigenvalue weighted by Crippen LogP contribution is 2.14. The molecule has 2 heterocycles. The van der Waals surface area contributed by atoms with E-state index in [1.165, 1.54) is 12.1 Å². The normalized spacial score (nSPS) is 10.2. The second kappa shape index (κ2) is 4.25. The number of anilines is 2. The Bertz CT molecular complexity index is 562. The Morgan fingerprint density at radius 3 is 2.76 bits per heavy atom. The standard InChI is InChI=1S/C11H12N4O2/c1-7-5-8(11(16)17)6-10(12-7)13-9-3-4-15(2)14-9/h3-6H,1-2H3,(H,16,17)(H,12,13,14). The van der Waals surface area contributed by atoms with Gasteiger partial charge in [0.1, 0.15) is 5.82 Å². The fourth-order valence-corrected chi connectivity index (χ4v) is 1.47. The lowest BCUT2D eigenvalue weighted by molar-refractivity contribution is 0.0696. The molecule has 0 unspecified atom stereocenters. The molecule has 88 valence electrons. The van der Waals surface area contributed by atoms with Crippen LogP contribution in [0.4, 0.5) is 11.6 Å². The van der Waals surface area contributed by atoms with Crippen molar-refractivity contribution in [3.63, 3.8) is 0 Å². The predicted octanol–water partition coefficient (Wildman–Crippen LogP) is 1.57. The number of nitrogens with zero attached hydrogens (tertiary/aromatic N) is 3. The molecule has 2 rings (SSSR count). The van der Waals surface area contributed by atoms with Crippen molar-refractivity contribution in [2.45, 2.75) is 6.92 Å². The van der Waals surface area contributed by atoms with Crippen LogP contribution in [0.3, 0.4) is 0 Å². The van der Waals surface area contributed by atoms with Gasteiger partial charge in [-0.05, 0) is 19.1 Å². The minimum Gasteiger partial charge on any atom is -0.478 e. The molecule has 0 aromatic carbocycles. The molecule has 17 heavy (non-hydrogen) atoms. The predicted molar refractivity (Wildman–Crippen MR) is 62.4 cm³/mol. The summed E-state index contributed by atoms with van der Waals surface area (Å²) in [6.07, 6.45) is 1.79. The lowest BCUT2D eigenvalue weighted by atomic mass is 10.2. The molecule has 0 saturated heterocycles. The minimum absolute atomic E-state index is 0.205. The van der Waals surface area contributed by atoms with Crippen molar-refractivity contribution in [3.05, 3.63) is 35.7 Å². The zero-order valence-electron chi connectivity index (χ0n) is 9.51. The Morgan fingerprint density at radius 1 is 1.41 bits per heavy atom. The number of aromatic nitrogens is 3. The maximum absolute atomic E-state index is 10.9. The van der Waals surface area contributed by atoms with Crippen LogP contribution in [0, 0.1) is 6.92 Å². The molecule has 6 nitrogen and oxygen atoms in total. The summed E-state index contributed by atoms with van der Waals surface area (Å²) in [6.45, 7) is 1.75. The Labute approximate surface area is 97.9 Å². The third-order valence-electron chi connectivity index (χ3n) is 2.17. The van der Waals surface area contributed by atoms with Gasteiger partial charge in [0.25, 0.3) is 0 Å². The number of nitrogens with one attached hydrogen (secondary N) is 1. The number of hydrogen-bond donors (Lipinski definition) is 2. The molecule has 0 radical (unpaired) electrons. The Balaban J connectivity index is 2.29. The Morgan fingerprint density at radius 2 is 2.18 bits per heavy atom. The molecule has 0 spiro atoms. The minimum atomic E-state index is -0.973. The number of aryl methyl sites for hydroxylation is 2. The monoisotopic (exact) mass is 232 g/mol. The molecule has 0 bridgehead atoms. The lowest BCUT2D eigenvalue weighted by Crippen LogP contribution is -2.02. The van der Waals surface area contributed by atoms with Crippen molar-refractivity contribution >= 4 is 17.6 Å². The van der Waals surface area contributed by atoms with Gasteiger partial charge in [0.2, 0.25) is 0 Å². The van der Waals surface area contributed by atoms with Gasteiger partial charge < -0.3 is 10.4 Å². The van der Waals surface area contributed by atoms with Crippen LogP contribution < -0.4 is 5.32 Å². The zero-order chi connectivity index (χ0) is 12.4. The van der Waals surface area contributed by atoms with E-state index in [0.29, 0.717) is 17.3 Å². The maximum atomic E-state index is 10.9. The van der Waals surface area contributed by atoms with E-state index >= 15 is 0 Å². The number of carbonyl (C=O) groups is 1. The van der Waals surface area contributed by atoms with Crippen LogP contribution in [0.2, 0.25) is 0 Å². The smallest absolute Gasteiger partial charge is 0.335 e. The Hall–Kier alpha value is -2.37. The van der Waals surface area contributed by atoms with Gasteiger partial charge in [-0.3, -0.25) is 4.68 Å². The molecule has 0 saturated carbocycles. The van der Waals surface area contributed by atoms with E-state index in [-0.39, 0.29) is 5.56 Å². The fourth-order valence-electron chi connectivity index (χ4n) is 1.47. The SMILES string of the molecule is Cc1cc(C(=O)O)cc(Nc2ccn(C)n2)n1. The highest BCUT2D eigenvalue weighted by molar-refractivity contribution is 5.88. The fraction of sp³-hybridized carbons (Fsp3) is 0.182. The first-order valence-corrected chi connectivity index (χ1v) is 5.03. The molecule has 0 aliphatic carbocycles. The van der Waals surface area contributed by atoms with Crippen molar-refractivity contribution < 1.29 is 9.90 Å². The first kappa shape index (κ1) is 11.1. The molecule has 2 aromatic heterocycles. The maximum Gasteiger partial charge on any atom is 0.335 e. The summed E-state index contributed by atoms with van der Waals surface area (Å²) in [5.74, 6) is 0.127. The Kier molecular flexibility index (Phi) is 2.78. The van der Waals surface area contributed by atoms with Gasteiger partial charge in [-0.1, -0.05) is 0 Å². The van der Waals surface area contributed by atoms with Crippen LogP contribution in [0.15, 0.2) is 24.4 Å². The molecule has 6 heteroatoms. The van der Waals surface area contributed by atoms with Crippen molar-refractivity contribution in [3.8, 4) is 0 Å². The van der Waals surface area contributed by atoms with Crippen LogP contribution in [0.25, 0.3) is 0 Å². The van der Waals surface area contributed by atoms with Gasteiger partial charge in [-0.25, -0.2) is 9.78 Å². The summed E-state index contributed by atoms with van der Waals surface area (Å²) in [5.41, 5.74) is 0.847. The second-order valence-electron chi connectivity index (χ2n) is 3.69. The topological polar surface area (TPSA) is 80.0 Å². The van der Waals surface area contributed by atoms with Crippen LogP contribution in [0.5, 0.6) is 0 Å². The van der Waals surface area contributed by atoms with Gasteiger partial charge >= 0.3 is 5.97 Å². The van der Waals surface area contributed by atoms with Crippen molar-refractivity contribution in [2.75, 3.05) is 5.32 Å². The van der Waals surface area contributed by atoms with E-state index in [1.807, 2.05) is 0 Å². The average Bonchev–Trinajstić information content (AvgIpc) is 2.63. The van der Waals surface area contributed by atoms with Gasteiger partial charge in [-0.15, -0.1) is 0 Å². The van der Waals surface area contributed by atoms with Gasteiger partial charge in [-0.2, -0.15) is 5.10 Å². The van der Waals surface area contributed by atoms with Crippen LogP contribution in [-0.4, -0.2) is 25.8 Å². The van der Waals surface area contributed by atoms with Crippen molar-refractivity contribution in [1.29, 1.82) is 0 Å². The van der Waals surface area contributed by atoms with Crippen molar-refractivity contribution in [1.82, 2.24) is 14.8 Å². The summed E-state index contributed by atoms with van der Waals surface area (Å²) in [5, 5.41) is 16.0. The number of hydrogen-bond acceptors (Lipinski definition) is 4. The van der Waals surface area contributed by atoms with Crippen LogP contribution in [-0.2, 0) is 7.05 Å². The number of pyridine rings is 1. The molecular formula is C11H12N4O2. The number of rotatable bonds is 3. The highest BCUT2D eigenvalue weighted by Gasteiger charge is 2.07. The summed E-state index contributed by atoms with van der Waals surface area (Å²) < 4.78 is 1.65. The van der Waals surface area contributed by atoms with E-state index < -0.39 is 5.97 Å². The van der Waals surface area contributed by atoms with Crippen LogP contribution in [0.1, 0.15) is 16.1 Å². The first-order valence-electron chi connectivity index (χ1n) is 5.03. The number of aromatic carboxylic acids is 1. The van der Waals surface area contributed by atoms with Gasteiger partial charge in [0.05, 0.1) is 5.56 Å². The summed E-state index contributed by atoms with van der Waals surface area (Å²) in [7, 11) is 1.80. The third-order valence-corrected chi connectivity index (χ3v) is 2.17. The second-order valence-corrected chi connectivity index (χ2v) is 3.69. The third kappa shape index (κ3) is 2.60. The molecule has 0 aliphatic rings. The zero-order valence-corrected chi connectivity index (χ0v) is 9.51. The lowest BCUT2D eigenvalue weighted by Gasteiger charge is -2.04. The van der Waals surface area contributed by atoms with E-state index in [0.717, 1.165) is 0 Å². The van der Waals surface area contributed by atoms with Crippen LogP contribution >= 0.6 is 0 Å². The highest BCUT2D eigenvalue weighted by atomic mass is 16.4. The summed E-state index contributed by atoms with van der Waals surface area (Å²) in [4.78, 5) is 15.1. The quantitative estimate of drug-likeness (QED) is 0.839. The number of carboxylic acid groups (broad SMARTS) is 1. The van der Waals surface area contributed by atoms with Gasteiger partial charge in [0, 0.05) is 25.0 Å². The molecule has 2 N–H and O–H groups in total. The molecule has 0 fully saturated rings. The van der Waals surface area contributed by atoms with Crippen molar-refractivity contribution in [2.24, 2.45) is 7.05 Å². The first-order chi connectivity index (χ1) is 8.04. The van der Waals surface area contributed by atoms with Gasteiger partial charge in [0.15, 0.2) is 5.82 Å². The summed E-state index contributed by atoms with van der Waals surface area (Å²) >= 11 is 0. The molecule has 0 atom stereocenters. The molecule has 0 aliphatic heterocycles.